The lowest BCUT2D eigenvalue weighted by Crippen LogP contribution is -2.22. The third-order valence-corrected chi connectivity index (χ3v) is 5.27. The summed E-state index contributed by atoms with van der Waals surface area (Å²) in [7, 11) is 1.63. The molecule has 0 aliphatic carbocycles. The molecule has 0 bridgehead atoms. The van der Waals surface area contributed by atoms with Gasteiger partial charge in [0.05, 0.1) is 17.4 Å². The molecule has 3 nitrogen and oxygen atoms in total. The molecular formula is C16H15BrClNO2S. The highest BCUT2D eigenvalue weighted by Gasteiger charge is 2.15. The lowest BCUT2D eigenvalue weighted by molar-refractivity contribution is -0.115. The third-order valence-electron chi connectivity index (χ3n) is 2.93. The number of anilines is 1. The summed E-state index contributed by atoms with van der Waals surface area (Å²) >= 11 is 10.8. The number of carbonyl (C=O) groups is 1. The van der Waals surface area contributed by atoms with Crippen LogP contribution < -0.4 is 10.1 Å². The Morgan fingerprint density at radius 3 is 2.55 bits per heavy atom. The summed E-state index contributed by atoms with van der Waals surface area (Å²) in [5, 5.41) is 3.20. The fourth-order valence-corrected chi connectivity index (χ4v) is 3.02. The molecule has 2 aromatic carbocycles. The Kier molecular flexibility index (Phi) is 6.17. The van der Waals surface area contributed by atoms with Gasteiger partial charge in [-0.15, -0.1) is 11.8 Å². The highest BCUT2D eigenvalue weighted by molar-refractivity contribution is 9.10. The van der Waals surface area contributed by atoms with E-state index in [2.05, 4.69) is 21.2 Å². The Balaban J connectivity index is 1.97. The van der Waals surface area contributed by atoms with Gasteiger partial charge >= 0.3 is 0 Å². The second kappa shape index (κ2) is 7.90. The number of nitrogens with one attached hydrogen (secondary N) is 1. The summed E-state index contributed by atoms with van der Waals surface area (Å²) in [6.45, 7) is 1.87. The van der Waals surface area contributed by atoms with Crippen LogP contribution in [-0.4, -0.2) is 18.3 Å². The second-order valence-electron chi connectivity index (χ2n) is 4.55. The number of benzene rings is 2. The van der Waals surface area contributed by atoms with E-state index in [1.54, 1.807) is 25.3 Å². The van der Waals surface area contributed by atoms with Gasteiger partial charge in [-0.3, -0.25) is 4.79 Å². The van der Waals surface area contributed by atoms with Crippen LogP contribution in [0, 0.1) is 0 Å². The summed E-state index contributed by atoms with van der Waals surface area (Å²) in [4.78, 5) is 13.2. The molecule has 0 spiro atoms. The van der Waals surface area contributed by atoms with Crippen LogP contribution >= 0.6 is 39.3 Å². The normalized spacial score (nSPS) is 11.8. The van der Waals surface area contributed by atoms with Crippen molar-refractivity contribution in [1.29, 1.82) is 0 Å². The van der Waals surface area contributed by atoms with Crippen molar-refractivity contribution in [3.63, 3.8) is 0 Å². The number of amides is 1. The van der Waals surface area contributed by atoms with Gasteiger partial charge in [-0.1, -0.05) is 11.6 Å². The predicted molar refractivity (Wildman–Crippen MR) is 96.1 cm³/mol. The molecule has 0 radical (unpaired) electrons. The van der Waals surface area contributed by atoms with Gasteiger partial charge < -0.3 is 10.1 Å². The Morgan fingerprint density at radius 2 is 1.95 bits per heavy atom. The van der Waals surface area contributed by atoms with E-state index in [0.717, 1.165) is 15.1 Å². The lowest BCUT2D eigenvalue weighted by Gasteiger charge is -2.12. The average molecular weight is 401 g/mol. The first-order chi connectivity index (χ1) is 10.5. The SMILES string of the molecule is COc1ccc(S[C@H](C)C(=O)Nc2ccc(Br)c(Cl)c2)cc1. The van der Waals surface area contributed by atoms with Crippen LogP contribution in [0.3, 0.4) is 0 Å². The van der Waals surface area contributed by atoms with Crippen molar-refractivity contribution in [1.82, 2.24) is 0 Å². The molecule has 2 aromatic rings. The highest BCUT2D eigenvalue weighted by Crippen LogP contribution is 2.28. The van der Waals surface area contributed by atoms with Crippen LogP contribution in [0.15, 0.2) is 51.8 Å². The lowest BCUT2D eigenvalue weighted by atomic mass is 10.3. The molecule has 0 fully saturated rings. The van der Waals surface area contributed by atoms with Crippen molar-refractivity contribution in [3.8, 4) is 5.75 Å². The van der Waals surface area contributed by atoms with E-state index < -0.39 is 0 Å². The van der Waals surface area contributed by atoms with Gasteiger partial charge in [-0.05, 0) is 65.3 Å². The minimum atomic E-state index is -0.226. The van der Waals surface area contributed by atoms with Gasteiger partial charge in [-0.2, -0.15) is 0 Å². The third kappa shape index (κ3) is 4.66. The molecule has 1 atom stereocenters. The Bertz CT molecular complexity index is 664. The van der Waals surface area contributed by atoms with E-state index in [1.807, 2.05) is 31.2 Å². The number of thioether (sulfide) groups is 1. The first kappa shape index (κ1) is 17.2. The molecular weight excluding hydrogens is 386 g/mol. The van der Waals surface area contributed by atoms with E-state index in [1.165, 1.54) is 11.8 Å². The van der Waals surface area contributed by atoms with Crippen molar-refractivity contribution < 1.29 is 9.53 Å². The van der Waals surface area contributed by atoms with E-state index in [0.29, 0.717) is 10.7 Å². The molecule has 0 unspecified atom stereocenters. The van der Waals surface area contributed by atoms with E-state index in [9.17, 15) is 4.79 Å². The molecule has 0 aromatic heterocycles. The maximum absolute atomic E-state index is 12.2. The van der Waals surface area contributed by atoms with Gasteiger partial charge in [0.1, 0.15) is 5.75 Å². The molecule has 2 rings (SSSR count). The van der Waals surface area contributed by atoms with Crippen molar-refractivity contribution in [2.24, 2.45) is 0 Å². The average Bonchev–Trinajstić information content (AvgIpc) is 2.51. The maximum atomic E-state index is 12.2. The first-order valence-electron chi connectivity index (χ1n) is 6.56. The molecule has 1 amide bonds. The number of ether oxygens (including phenoxy) is 1. The van der Waals surface area contributed by atoms with E-state index in [-0.39, 0.29) is 11.2 Å². The van der Waals surface area contributed by atoms with Crippen LogP contribution in [0.25, 0.3) is 0 Å². The Morgan fingerprint density at radius 1 is 1.27 bits per heavy atom. The monoisotopic (exact) mass is 399 g/mol. The number of methoxy groups -OCH3 is 1. The number of hydrogen-bond acceptors (Lipinski definition) is 3. The largest absolute Gasteiger partial charge is 0.497 e. The van der Waals surface area contributed by atoms with Crippen LogP contribution in [0.2, 0.25) is 5.02 Å². The zero-order chi connectivity index (χ0) is 16.1. The second-order valence-corrected chi connectivity index (χ2v) is 7.23. The summed E-state index contributed by atoms with van der Waals surface area (Å²) < 4.78 is 5.92. The van der Waals surface area contributed by atoms with Crippen LogP contribution in [0.4, 0.5) is 5.69 Å². The summed E-state index contributed by atoms with van der Waals surface area (Å²) in [5.41, 5.74) is 0.681. The summed E-state index contributed by atoms with van der Waals surface area (Å²) in [6.07, 6.45) is 0. The van der Waals surface area contributed by atoms with Gasteiger partial charge in [0.2, 0.25) is 5.91 Å². The maximum Gasteiger partial charge on any atom is 0.237 e. The van der Waals surface area contributed by atoms with Crippen molar-refractivity contribution in [2.75, 3.05) is 12.4 Å². The minimum absolute atomic E-state index is 0.0702. The highest BCUT2D eigenvalue weighted by atomic mass is 79.9. The molecule has 22 heavy (non-hydrogen) atoms. The zero-order valence-electron chi connectivity index (χ0n) is 12.1. The number of carbonyl (C=O) groups excluding carboxylic acids is 1. The zero-order valence-corrected chi connectivity index (χ0v) is 15.3. The van der Waals surface area contributed by atoms with Crippen LogP contribution in [-0.2, 0) is 4.79 Å². The molecule has 1 N–H and O–H groups in total. The number of rotatable bonds is 5. The Labute approximate surface area is 147 Å². The van der Waals surface area contributed by atoms with Crippen molar-refractivity contribution in [3.05, 3.63) is 52.0 Å². The minimum Gasteiger partial charge on any atom is -0.497 e. The van der Waals surface area contributed by atoms with E-state index in [4.69, 9.17) is 16.3 Å². The van der Waals surface area contributed by atoms with Gasteiger partial charge in [0.15, 0.2) is 0 Å². The molecule has 0 aliphatic heterocycles. The van der Waals surface area contributed by atoms with Gasteiger partial charge in [-0.25, -0.2) is 0 Å². The molecule has 0 saturated carbocycles. The number of hydrogen-bond donors (Lipinski definition) is 1. The summed E-state index contributed by atoms with van der Waals surface area (Å²) in [6, 6.07) is 12.9. The number of halogens is 2. The smallest absolute Gasteiger partial charge is 0.237 e. The Hall–Kier alpha value is -1.17. The first-order valence-corrected chi connectivity index (χ1v) is 8.61. The van der Waals surface area contributed by atoms with Crippen LogP contribution in [0.5, 0.6) is 5.75 Å². The van der Waals surface area contributed by atoms with Gasteiger partial charge in [0.25, 0.3) is 0 Å². The van der Waals surface area contributed by atoms with Gasteiger partial charge in [0, 0.05) is 15.1 Å². The standard InChI is InChI=1S/C16H15BrClNO2S/c1-10(22-13-6-4-12(21-2)5-7-13)16(20)19-11-3-8-14(17)15(18)9-11/h3-10H,1-2H3,(H,19,20)/t10-/m1/s1. The fourth-order valence-electron chi connectivity index (χ4n) is 1.73. The van der Waals surface area contributed by atoms with Crippen molar-refractivity contribution >= 4 is 50.9 Å². The quantitative estimate of drug-likeness (QED) is 0.698. The molecule has 0 aliphatic rings. The molecule has 116 valence electrons. The predicted octanol–water partition coefficient (Wildman–Crippen LogP) is 5.23. The molecule has 0 heterocycles. The van der Waals surface area contributed by atoms with Crippen molar-refractivity contribution in [2.45, 2.75) is 17.1 Å². The van der Waals surface area contributed by atoms with Crippen LogP contribution in [0.1, 0.15) is 6.92 Å². The fraction of sp³-hybridized carbons (Fsp3) is 0.188. The summed E-state index contributed by atoms with van der Waals surface area (Å²) in [5.74, 6) is 0.727. The topological polar surface area (TPSA) is 38.3 Å². The van der Waals surface area contributed by atoms with E-state index >= 15 is 0 Å². The molecule has 0 saturated heterocycles. The molecule has 6 heteroatoms.